The van der Waals surface area contributed by atoms with Crippen molar-refractivity contribution in [2.75, 3.05) is 5.32 Å². The summed E-state index contributed by atoms with van der Waals surface area (Å²) in [6.07, 6.45) is 0.575. The first-order valence-corrected chi connectivity index (χ1v) is 4.87. The highest BCUT2D eigenvalue weighted by Gasteiger charge is 2.11. The van der Waals surface area contributed by atoms with E-state index in [4.69, 9.17) is 5.73 Å². The van der Waals surface area contributed by atoms with Gasteiger partial charge >= 0.3 is 0 Å². The first-order chi connectivity index (χ1) is 7.04. The molecule has 3 N–H and O–H groups in total. The van der Waals surface area contributed by atoms with Crippen LogP contribution in [0.25, 0.3) is 0 Å². The fraction of sp³-hybridized carbons (Fsp3) is 0.364. The quantitative estimate of drug-likeness (QED) is 0.859. The van der Waals surface area contributed by atoms with Crippen LogP contribution < -0.4 is 11.1 Å². The molecule has 90 valence electrons. The Morgan fingerprint density at radius 2 is 2.19 bits per heavy atom. The minimum Gasteiger partial charge on any atom is -0.325 e. The van der Waals surface area contributed by atoms with Gasteiger partial charge in [-0.05, 0) is 37.1 Å². The molecule has 1 aromatic rings. The average molecular weight is 247 g/mol. The number of anilines is 1. The monoisotopic (exact) mass is 246 g/mol. The Morgan fingerprint density at radius 3 is 2.69 bits per heavy atom. The number of aryl methyl sites for hydroxylation is 1. The molecule has 0 radical (unpaired) electrons. The lowest BCUT2D eigenvalue weighted by Crippen LogP contribution is -2.34. The fourth-order valence-electron chi connectivity index (χ4n) is 1.14. The SMILES string of the molecule is CC[C@H](N)C(=O)Nc1ccc(F)c(C)c1.Cl. The molecular weight excluding hydrogens is 231 g/mol. The van der Waals surface area contributed by atoms with Crippen molar-refractivity contribution in [3.63, 3.8) is 0 Å². The topological polar surface area (TPSA) is 55.1 Å². The van der Waals surface area contributed by atoms with Gasteiger partial charge in [-0.3, -0.25) is 4.79 Å². The summed E-state index contributed by atoms with van der Waals surface area (Å²) in [5.41, 5.74) is 6.62. The molecule has 1 atom stereocenters. The van der Waals surface area contributed by atoms with Crippen LogP contribution in [-0.2, 0) is 4.79 Å². The van der Waals surface area contributed by atoms with E-state index in [-0.39, 0.29) is 24.1 Å². The molecular formula is C11H16ClFN2O. The lowest BCUT2D eigenvalue weighted by atomic mass is 10.2. The van der Waals surface area contributed by atoms with Gasteiger partial charge in [0, 0.05) is 5.69 Å². The number of hydrogen-bond donors (Lipinski definition) is 2. The smallest absolute Gasteiger partial charge is 0.241 e. The third kappa shape index (κ3) is 3.79. The molecule has 0 aliphatic carbocycles. The number of benzene rings is 1. The molecule has 0 aromatic heterocycles. The molecule has 5 heteroatoms. The Kier molecular flexibility index (Phi) is 6.00. The number of rotatable bonds is 3. The summed E-state index contributed by atoms with van der Waals surface area (Å²) < 4.78 is 12.9. The van der Waals surface area contributed by atoms with Gasteiger partial charge < -0.3 is 11.1 Å². The van der Waals surface area contributed by atoms with Crippen LogP contribution in [0, 0.1) is 12.7 Å². The van der Waals surface area contributed by atoms with Crippen molar-refractivity contribution in [1.29, 1.82) is 0 Å². The minimum atomic E-state index is -0.518. The van der Waals surface area contributed by atoms with Crippen molar-refractivity contribution < 1.29 is 9.18 Å². The molecule has 0 heterocycles. The summed E-state index contributed by atoms with van der Waals surface area (Å²) in [6.45, 7) is 3.48. The van der Waals surface area contributed by atoms with E-state index in [1.807, 2.05) is 6.92 Å². The highest BCUT2D eigenvalue weighted by molar-refractivity contribution is 5.94. The average Bonchev–Trinajstić information content (AvgIpc) is 2.22. The second kappa shape index (κ2) is 6.45. The van der Waals surface area contributed by atoms with E-state index in [1.54, 1.807) is 13.0 Å². The zero-order valence-corrected chi connectivity index (χ0v) is 10.1. The Labute approximate surface area is 101 Å². The molecule has 1 rings (SSSR count). The van der Waals surface area contributed by atoms with E-state index in [2.05, 4.69) is 5.32 Å². The van der Waals surface area contributed by atoms with Gasteiger partial charge in [0.1, 0.15) is 5.82 Å². The molecule has 0 unspecified atom stereocenters. The van der Waals surface area contributed by atoms with E-state index in [1.165, 1.54) is 12.1 Å². The number of nitrogens with two attached hydrogens (primary N) is 1. The van der Waals surface area contributed by atoms with Crippen molar-refractivity contribution in [3.8, 4) is 0 Å². The number of halogens is 2. The predicted molar refractivity (Wildman–Crippen MR) is 65.3 cm³/mol. The highest BCUT2D eigenvalue weighted by atomic mass is 35.5. The van der Waals surface area contributed by atoms with Crippen LogP contribution in [0.15, 0.2) is 18.2 Å². The van der Waals surface area contributed by atoms with Crippen molar-refractivity contribution in [1.82, 2.24) is 0 Å². The van der Waals surface area contributed by atoms with Crippen molar-refractivity contribution in [2.24, 2.45) is 5.73 Å². The second-order valence-electron chi connectivity index (χ2n) is 3.47. The van der Waals surface area contributed by atoms with Crippen LogP contribution in [0.1, 0.15) is 18.9 Å². The van der Waals surface area contributed by atoms with Crippen molar-refractivity contribution in [2.45, 2.75) is 26.3 Å². The van der Waals surface area contributed by atoms with E-state index in [0.717, 1.165) is 0 Å². The molecule has 1 aromatic carbocycles. The van der Waals surface area contributed by atoms with Crippen molar-refractivity contribution >= 4 is 24.0 Å². The maximum absolute atomic E-state index is 12.9. The van der Waals surface area contributed by atoms with E-state index in [0.29, 0.717) is 17.7 Å². The molecule has 0 aliphatic rings. The van der Waals surface area contributed by atoms with Crippen LogP contribution in [0.4, 0.5) is 10.1 Å². The van der Waals surface area contributed by atoms with Gasteiger partial charge in [0.15, 0.2) is 0 Å². The molecule has 0 spiro atoms. The number of hydrogen-bond acceptors (Lipinski definition) is 2. The van der Waals surface area contributed by atoms with Crippen LogP contribution in [0.2, 0.25) is 0 Å². The van der Waals surface area contributed by atoms with E-state index >= 15 is 0 Å². The van der Waals surface area contributed by atoms with Gasteiger partial charge in [-0.15, -0.1) is 12.4 Å². The number of nitrogens with one attached hydrogen (secondary N) is 1. The van der Waals surface area contributed by atoms with Crippen molar-refractivity contribution in [3.05, 3.63) is 29.6 Å². The zero-order valence-electron chi connectivity index (χ0n) is 9.29. The Bertz CT molecular complexity index is 371. The third-order valence-electron chi connectivity index (χ3n) is 2.20. The van der Waals surface area contributed by atoms with Gasteiger partial charge in [-0.25, -0.2) is 4.39 Å². The third-order valence-corrected chi connectivity index (χ3v) is 2.20. The molecule has 0 saturated carbocycles. The van der Waals surface area contributed by atoms with Gasteiger partial charge in [0.2, 0.25) is 5.91 Å². The first kappa shape index (κ1) is 14.9. The summed E-state index contributed by atoms with van der Waals surface area (Å²) in [7, 11) is 0. The van der Waals surface area contributed by atoms with Gasteiger partial charge in [-0.1, -0.05) is 6.92 Å². The lowest BCUT2D eigenvalue weighted by Gasteiger charge is -2.10. The molecule has 0 saturated heterocycles. The largest absolute Gasteiger partial charge is 0.325 e. The Hall–Kier alpha value is -1.13. The molecule has 1 amide bonds. The maximum Gasteiger partial charge on any atom is 0.241 e. The minimum absolute atomic E-state index is 0. The lowest BCUT2D eigenvalue weighted by molar-refractivity contribution is -0.117. The molecule has 16 heavy (non-hydrogen) atoms. The van der Waals surface area contributed by atoms with Crippen LogP contribution in [0.3, 0.4) is 0 Å². The maximum atomic E-state index is 12.9. The molecule has 0 bridgehead atoms. The van der Waals surface area contributed by atoms with Gasteiger partial charge in [0.05, 0.1) is 6.04 Å². The summed E-state index contributed by atoms with van der Waals surface area (Å²) >= 11 is 0. The number of amides is 1. The number of carbonyl (C=O) groups excluding carboxylic acids is 1. The molecule has 0 fully saturated rings. The highest BCUT2D eigenvalue weighted by Crippen LogP contribution is 2.13. The number of carbonyl (C=O) groups is 1. The Morgan fingerprint density at radius 1 is 1.56 bits per heavy atom. The zero-order chi connectivity index (χ0) is 11.4. The first-order valence-electron chi connectivity index (χ1n) is 4.87. The fourth-order valence-corrected chi connectivity index (χ4v) is 1.14. The van der Waals surface area contributed by atoms with Gasteiger partial charge in [-0.2, -0.15) is 0 Å². The summed E-state index contributed by atoms with van der Waals surface area (Å²) in [5, 5.41) is 2.63. The van der Waals surface area contributed by atoms with Crippen LogP contribution in [0.5, 0.6) is 0 Å². The molecule has 3 nitrogen and oxygen atoms in total. The normalized spacial score (nSPS) is 11.5. The summed E-state index contributed by atoms with van der Waals surface area (Å²) in [6, 6.07) is 3.90. The van der Waals surface area contributed by atoms with Gasteiger partial charge in [0.25, 0.3) is 0 Å². The molecule has 0 aliphatic heterocycles. The van der Waals surface area contributed by atoms with E-state index in [9.17, 15) is 9.18 Å². The van der Waals surface area contributed by atoms with Crippen LogP contribution in [-0.4, -0.2) is 11.9 Å². The van der Waals surface area contributed by atoms with Crippen LogP contribution >= 0.6 is 12.4 Å². The Balaban J connectivity index is 0.00000225. The van der Waals surface area contributed by atoms with E-state index < -0.39 is 6.04 Å². The summed E-state index contributed by atoms with van der Waals surface area (Å²) in [5.74, 6) is -0.531. The standard InChI is InChI=1S/C11H15FN2O.ClH/c1-3-10(13)11(15)14-8-4-5-9(12)7(2)6-8;/h4-6,10H,3,13H2,1-2H3,(H,14,15);1H/t10-;/m0./s1. The summed E-state index contributed by atoms with van der Waals surface area (Å²) in [4.78, 5) is 11.4. The second-order valence-corrected chi connectivity index (χ2v) is 3.47. The predicted octanol–water partition coefficient (Wildman–Crippen LogP) is 2.23.